The second-order valence-electron chi connectivity index (χ2n) is 5.44. The van der Waals surface area contributed by atoms with Gasteiger partial charge in [-0.3, -0.25) is 9.89 Å². The van der Waals surface area contributed by atoms with E-state index in [1.807, 2.05) is 18.2 Å². The van der Waals surface area contributed by atoms with Crippen molar-refractivity contribution in [2.24, 2.45) is 5.92 Å². The number of amides is 1. The van der Waals surface area contributed by atoms with Crippen molar-refractivity contribution in [1.82, 2.24) is 15.5 Å². The van der Waals surface area contributed by atoms with Crippen LogP contribution in [0.1, 0.15) is 37.4 Å². The van der Waals surface area contributed by atoms with Crippen molar-refractivity contribution < 1.29 is 4.79 Å². The van der Waals surface area contributed by atoms with E-state index in [0.29, 0.717) is 12.3 Å². The molecule has 0 spiro atoms. The quantitative estimate of drug-likeness (QED) is 0.848. The van der Waals surface area contributed by atoms with Crippen molar-refractivity contribution >= 4 is 5.91 Å². The summed E-state index contributed by atoms with van der Waals surface area (Å²) in [4.78, 5) is 12.1. The summed E-state index contributed by atoms with van der Waals surface area (Å²) in [5.41, 5.74) is 2.06. The van der Waals surface area contributed by atoms with E-state index in [-0.39, 0.29) is 11.9 Å². The van der Waals surface area contributed by atoms with E-state index in [9.17, 15) is 4.79 Å². The van der Waals surface area contributed by atoms with Crippen LogP contribution in [0.15, 0.2) is 42.7 Å². The minimum atomic E-state index is 0.0286. The molecular formula is C16H21N3O. The highest BCUT2D eigenvalue weighted by Gasteiger charge is 2.16. The number of hydrogen-bond donors (Lipinski definition) is 2. The third-order valence-corrected chi connectivity index (χ3v) is 3.16. The van der Waals surface area contributed by atoms with Crippen molar-refractivity contribution in [3.8, 4) is 0 Å². The Morgan fingerprint density at radius 1 is 1.30 bits per heavy atom. The van der Waals surface area contributed by atoms with E-state index in [1.54, 1.807) is 12.4 Å². The number of hydrogen-bond acceptors (Lipinski definition) is 2. The van der Waals surface area contributed by atoms with Gasteiger partial charge in [0.15, 0.2) is 0 Å². The number of rotatable bonds is 6. The van der Waals surface area contributed by atoms with Gasteiger partial charge in [-0.2, -0.15) is 5.10 Å². The lowest BCUT2D eigenvalue weighted by atomic mass is 9.97. The Morgan fingerprint density at radius 2 is 2.05 bits per heavy atom. The second kappa shape index (κ2) is 6.89. The van der Waals surface area contributed by atoms with Gasteiger partial charge in [-0.1, -0.05) is 44.2 Å². The highest BCUT2D eigenvalue weighted by molar-refractivity contribution is 5.78. The first-order chi connectivity index (χ1) is 9.65. The van der Waals surface area contributed by atoms with Crippen LogP contribution in [0.25, 0.3) is 0 Å². The van der Waals surface area contributed by atoms with Gasteiger partial charge in [0.1, 0.15) is 0 Å². The number of nitrogens with zero attached hydrogens (tertiary/aromatic N) is 1. The number of carbonyl (C=O) groups excluding carboxylic acids is 1. The fraction of sp³-hybridized carbons (Fsp3) is 0.375. The zero-order valence-electron chi connectivity index (χ0n) is 12.0. The van der Waals surface area contributed by atoms with Crippen LogP contribution in [-0.2, 0) is 11.2 Å². The lowest BCUT2D eigenvalue weighted by molar-refractivity contribution is -0.121. The van der Waals surface area contributed by atoms with Crippen LogP contribution < -0.4 is 5.32 Å². The zero-order valence-corrected chi connectivity index (χ0v) is 12.0. The molecule has 1 atom stereocenters. The van der Waals surface area contributed by atoms with E-state index < -0.39 is 0 Å². The summed E-state index contributed by atoms with van der Waals surface area (Å²) in [5, 5.41) is 9.70. The molecule has 0 saturated heterocycles. The van der Waals surface area contributed by atoms with Crippen LogP contribution in [0.5, 0.6) is 0 Å². The minimum absolute atomic E-state index is 0.0286. The fourth-order valence-electron chi connectivity index (χ4n) is 2.24. The molecule has 0 aliphatic heterocycles. The van der Waals surface area contributed by atoms with E-state index in [1.165, 1.54) is 0 Å². The molecule has 0 aliphatic carbocycles. The molecule has 0 bridgehead atoms. The molecule has 0 aliphatic rings. The summed E-state index contributed by atoms with van der Waals surface area (Å²) >= 11 is 0. The predicted octanol–water partition coefficient (Wildman–Crippen LogP) is 2.86. The maximum absolute atomic E-state index is 12.1. The normalized spacial score (nSPS) is 12.3. The largest absolute Gasteiger partial charge is 0.349 e. The SMILES string of the molecule is CC(C)CC(NC(=O)Cc1cn[nH]c1)c1ccccc1. The Bertz CT molecular complexity index is 520. The molecule has 1 unspecified atom stereocenters. The number of aromatic amines is 1. The van der Waals surface area contributed by atoms with Crippen molar-refractivity contribution in [2.45, 2.75) is 32.7 Å². The molecule has 1 aromatic heterocycles. The van der Waals surface area contributed by atoms with E-state index in [0.717, 1.165) is 17.5 Å². The number of aromatic nitrogens is 2. The fourth-order valence-corrected chi connectivity index (χ4v) is 2.24. The van der Waals surface area contributed by atoms with Crippen molar-refractivity contribution in [2.75, 3.05) is 0 Å². The van der Waals surface area contributed by atoms with E-state index >= 15 is 0 Å². The Morgan fingerprint density at radius 3 is 2.65 bits per heavy atom. The molecule has 4 nitrogen and oxygen atoms in total. The number of benzene rings is 1. The topological polar surface area (TPSA) is 57.8 Å². The average molecular weight is 271 g/mol. The van der Waals surface area contributed by atoms with Gasteiger partial charge in [0.2, 0.25) is 5.91 Å². The summed E-state index contributed by atoms with van der Waals surface area (Å²) in [6.07, 6.45) is 4.72. The van der Waals surface area contributed by atoms with Crippen molar-refractivity contribution in [3.05, 3.63) is 53.9 Å². The van der Waals surface area contributed by atoms with Gasteiger partial charge >= 0.3 is 0 Å². The Balaban J connectivity index is 2.02. The smallest absolute Gasteiger partial charge is 0.225 e. The molecule has 0 saturated carbocycles. The molecule has 2 aromatic rings. The molecule has 2 N–H and O–H groups in total. The monoisotopic (exact) mass is 271 g/mol. The Hall–Kier alpha value is -2.10. The highest BCUT2D eigenvalue weighted by Crippen LogP contribution is 2.21. The third-order valence-electron chi connectivity index (χ3n) is 3.16. The Labute approximate surface area is 119 Å². The summed E-state index contributed by atoms with van der Waals surface area (Å²) in [6, 6.07) is 10.2. The standard InChI is InChI=1S/C16H21N3O/c1-12(2)8-15(14-6-4-3-5-7-14)19-16(20)9-13-10-17-18-11-13/h3-7,10-12,15H,8-9H2,1-2H3,(H,17,18)(H,19,20). The van der Waals surface area contributed by atoms with Crippen LogP contribution in [0.2, 0.25) is 0 Å². The predicted molar refractivity (Wildman–Crippen MR) is 79.1 cm³/mol. The van der Waals surface area contributed by atoms with Crippen molar-refractivity contribution in [1.29, 1.82) is 0 Å². The summed E-state index contributed by atoms with van der Waals surface area (Å²) in [7, 11) is 0. The first kappa shape index (κ1) is 14.3. The lowest BCUT2D eigenvalue weighted by Gasteiger charge is -2.21. The molecule has 0 fully saturated rings. The van der Waals surface area contributed by atoms with Crippen LogP contribution in [0.4, 0.5) is 0 Å². The average Bonchev–Trinajstić information content (AvgIpc) is 2.91. The molecule has 0 radical (unpaired) electrons. The maximum atomic E-state index is 12.1. The minimum Gasteiger partial charge on any atom is -0.349 e. The summed E-state index contributed by atoms with van der Waals surface area (Å²) in [6.45, 7) is 4.33. The molecule has 4 heteroatoms. The van der Waals surface area contributed by atoms with Crippen LogP contribution >= 0.6 is 0 Å². The lowest BCUT2D eigenvalue weighted by Crippen LogP contribution is -2.30. The van der Waals surface area contributed by atoms with Gasteiger partial charge in [-0.15, -0.1) is 0 Å². The second-order valence-corrected chi connectivity index (χ2v) is 5.44. The van der Waals surface area contributed by atoms with E-state index in [2.05, 4.69) is 41.5 Å². The maximum Gasteiger partial charge on any atom is 0.225 e. The molecule has 1 aromatic carbocycles. The molecule has 2 rings (SSSR count). The molecular weight excluding hydrogens is 250 g/mol. The number of carbonyl (C=O) groups is 1. The number of H-pyrrole nitrogens is 1. The van der Waals surface area contributed by atoms with Gasteiger partial charge in [-0.25, -0.2) is 0 Å². The van der Waals surface area contributed by atoms with Gasteiger partial charge in [-0.05, 0) is 23.5 Å². The van der Waals surface area contributed by atoms with Crippen LogP contribution in [0.3, 0.4) is 0 Å². The van der Waals surface area contributed by atoms with Gasteiger partial charge in [0.05, 0.1) is 18.7 Å². The molecule has 1 heterocycles. The first-order valence-corrected chi connectivity index (χ1v) is 6.97. The zero-order chi connectivity index (χ0) is 14.4. The Kier molecular flexibility index (Phi) is 4.93. The molecule has 106 valence electrons. The van der Waals surface area contributed by atoms with Crippen molar-refractivity contribution in [3.63, 3.8) is 0 Å². The molecule has 1 amide bonds. The molecule has 20 heavy (non-hydrogen) atoms. The summed E-state index contributed by atoms with van der Waals surface area (Å²) in [5.74, 6) is 0.551. The first-order valence-electron chi connectivity index (χ1n) is 6.97. The van der Waals surface area contributed by atoms with Crippen LogP contribution in [0, 0.1) is 5.92 Å². The summed E-state index contributed by atoms with van der Waals surface area (Å²) < 4.78 is 0. The van der Waals surface area contributed by atoms with Gasteiger partial charge < -0.3 is 5.32 Å². The van der Waals surface area contributed by atoms with Gasteiger partial charge in [0, 0.05) is 6.20 Å². The van der Waals surface area contributed by atoms with E-state index in [4.69, 9.17) is 0 Å². The highest BCUT2D eigenvalue weighted by atomic mass is 16.1. The number of nitrogens with one attached hydrogen (secondary N) is 2. The third kappa shape index (κ3) is 4.23. The van der Waals surface area contributed by atoms with Crippen LogP contribution in [-0.4, -0.2) is 16.1 Å². The van der Waals surface area contributed by atoms with Gasteiger partial charge in [0.25, 0.3) is 0 Å².